The number of nitrogens with zero attached hydrogens (tertiary/aromatic N) is 2. The first kappa shape index (κ1) is 18.5. The van der Waals surface area contributed by atoms with Gasteiger partial charge in [-0.25, -0.2) is 0 Å². The van der Waals surface area contributed by atoms with Crippen LogP contribution >= 0.6 is 0 Å². The number of hydrogen-bond donors (Lipinski definition) is 1. The van der Waals surface area contributed by atoms with E-state index < -0.39 is 6.61 Å². The van der Waals surface area contributed by atoms with E-state index in [1.165, 1.54) is 0 Å². The summed E-state index contributed by atoms with van der Waals surface area (Å²) < 4.78 is 35.1. The Balaban J connectivity index is 1.78. The molecule has 2 heterocycles. The van der Waals surface area contributed by atoms with E-state index in [4.69, 9.17) is 4.74 Å². The zero-order chi connectivity index (χ0) is 18.4. The molecular formula is C19H23F2N3O2. The average molecular weight is 363 g/mol. The quantitative estimate of drug-likeness (QED) is 0.818. The second-order valence-electron chi connectivity index (χ2n) is 6.07. The molecule has 1 aliphatic heterocycles. The fourth-order valence-electron chi connectivity index (χ4n) is 3.18. The van der Waals surface area contributed by atoms with Gasteiger partial charge in [0.1, 0.15) is 0 Å². The molecule has 7 heteroatoms. The summed E-state index contributed by atoms with van der Waals surface area (Å²) in [6.45, 7) is 2.65. The highest BCUT2D eigenvalue weighted by molar-refractivity contribution is 5.43. The first-order valence-electron chi connectivity index (χ1n) is 8.72. The van der Waals surface area contributed by atoms with E-state index in [0.717, 1.165) is 30.8 Å². The molecule has 1 saturated heterocycles. The van der Waals surface area contributed by atoms with Crippen molar-refractivity contribution in [1.82, 2.24) is 15.2 Å². The van der Waals surface area contributed by atoms with Crippen LogP contribution in [0.2, 0.25) is 0 Å². The summed E-state index contributed by atoms with van der Waals surface area (Å²) in [5.41, 5.74) is 2.15. The van der Waals surface area contributed by atoms with Gasteiger partial charge in [0.25, 0.3) is 0 Å². The third-order valence-corrected chi connectivity index (χ3v) is 4.33. The zero-order valence-corrected chi connectivity index (χ0v) is 14.7. The minimum Gasteiger partial charge on any atom is -0.490 e. The normalized spacial score (nSPS) is 18.1. The first-order valence-corrected chi connectivity index (χ1v) is 8.72. The molecule has 0 spiro atoms. The number of nitrogens with one attached hydrogen (secondary N) is 1. The maximum Gasteiger partial charge on any atom is 0.387 e. The third kappa shape index (κ3) is 4.68. The molecule has 0 bridgehead atoms. The predicted molar refractivity (Wildman–Crippen MR) is 94.5 cm³/mol. The van der Waals surface area contributed by atoms with Gasteiger partial charge in [0.05, 0.1) is 6.61 Å². The molecule has 0 saturated carbocycles. The third-order valence-electron chi connectivity index (χ3n) is 4.33. The van der Waals surface area contributed by atoms with Gasteiger partial charge in [-0.15, -0.1) is 0 Å². The number of hydrogen-bond acceptors (Lipinski definition) is 5. The van der Waals surface area contributed by atoms with Crippen LogP contribution in [0.5, 0.6) is 11.5 Å². The van der Waals surface area contributed by atoms with Crippen molar-refractivity contribution in [3.05, 3.63) is 53.9 Å². The van der Waals surface area contributed by atoms with Crippen molar-refractivity contribution in [1.29, 1.82) is 0 Å². The van der Waals surface area contributed by atoms with Crippen molar-refractivity contribution in [3.8, 4) is 11.5 Å². The molecule has 1 aromatic carbocycles. The molecule has 0 radical (unpaired) electrons. The standard InChI is InChI=1S/C19H23F2N3O2/c1-2-25-18-10-14(5-6-17(18)26-19(20)21)13-24-9-8-23-12-16(24)15-4-3-7-22-11-15/h3-7,10-11,16,19,23H,2,8-9,12-13H2,1H3. The number of pyridine rings is 1. The van der Waals surface area contributed by atoms with Gasteiger partial charge in [-0.05, 0) is 36.2 Å². The molecule has 140 valence electrons. The Kier molecular flexibility index (Phi) is 6.35. The molecule has 1 N–H and O–H groups in total. The van der Waals surface area contributed by atoms with Crippen LogP contribution < -0.4 is 14.8 Å². The van der Waals surface area contributed by atoms with Gasteiger partial charge in [0, 0.05) is 44.6 Å². The highest BCUT2D eigenvalue weighted by Crippen LogP contribution is 2.31. The number of alkyl halides is 2. The maximum absolute atomic E-state index is 12.6. The largest absolute Gasteiger partial charge is 0.490 e. The lowest BCUT2D eigenvalue weighted by Crippen LogP contribution is -2.45. The van der Waals surface area contributed by atoms with Gasteiger partial charge in [-0.3, -0.25) is 9.88 Å². The predicted octanol–water partition coefficient (Wildman–Crippen LogP) is 3.23. The minimum atomic E-state index is -2.87. The number of halogens is 2. The second-order valence-corrected chi connectivity index (χ2v) is 6.07. The summed E-state index contributed by atoms with van der Waals surface area (Å²) in [5, 5.41) is 3.41. The molecule has 1 aromatic heterocycles. The summed E-state index contributed by atoms with van der Waals surface area (Å²) in [7, 11) is 0. The molecule has 1 aliphatic rings. The number of ether oxygens (including phenoxy) is 2. The summed E-state index contributed by atoms with van der Waals surface area (Å²) in [5.74, 6) is 0.410. The lowest BCUT2D eigenvalue weighted by Gasteiger charge is -2.36. The van der Waals surface area contributed by atoms with E-state index in [1.807, 2.05) is 25.3 Å². The molecule has 5 nitrogen and oxygen atoms in total. The molecule has 1 unspecified atom stereocenters. The molecule has 26 heavy (non-hydrogen) atoms. The lowest BCUT2D eigenvalue weighted by atomic mass is 10.0. The average Bonchev–Trinajstić information content (AvgIpc) is 2.65. The molecular weight excluding hydrogens is 340 g/mol. The van der Waals surface area contributed by atoms with Crippen molar-refractivity contribution in [2.45, 2.75) is 26.1 Å². The minimum absolute atomic E-state index is 0.0646. The molecule has 1 fully saturated rings. The van der Waals surface area contributed by atoms with Crippen LogP contribution in [-0.2, 0) is 6.54 Å². The van der Waals surface area contributed by atoms with Crippen LogP contribution in [-0.4, -0.2) is 42.7 Å². The maximum atomic E-state index is 12.6. The lowest BCUT2D eigenvalue weighted by molar-refractivity contribution is -0.0514. The fourth-order valence-corrected chi connectivity index (χ4v) is 3.18. The van der Waals surface area contributed by atoms with E-state index >= 15 is 0 Å². The van der Waals surface area contributed by atoms with Crippen LogP contribution in [0.3, 0.4) is 0 Å². The van der Waals surface area contributed by atoms with E-state index in [2.05, 4.69) is 26.0 Å². The number of rotatable bonds is 7. The summed E-state index contributed by atoms with van der Waals surface area (Å²) in [6, 6.07) is 9.36. The highest BCUT2D eigenvalue weighted by Gasteiger charge is 2.24. The van der Waals surface area contributed by atoms with Crippen LogP contribution in [0.1, 0.15) is 24.1 Å². The molecule has 1 atom stereocenters. The second kappa shape index (κ2) is 8.91. The Hall–Kier alpha value is -2.25. The Labute approximate surface area is 151 Å². The van der Waals surface area contributed by atoms with Crippen molar-refractivity contribution < 1.29 is 18.3 Å². The number of piperazine rings is 1. The first-order chi connectivity index (χ1) is 12.7. The van der Waals surface area contributed by atoms with E-state index in [0.29, 0.717) is 18.9 Å². The molecule has 0 aliphatic carbocycles. The van der Waals surface area contributed by atoms with Crippen molar-refractivity contribution in [2.75, 3.05) is 26.2 Å². The van der Waals surface area contributed by atoms with Gasteiger partial charge in [-0.1, -0.05) is 12.1 Å². The van der Waals surface area contributed by atoms with Gasteiger partial charge in [0.15, 0.2) is 11.5 Å². The van der Waals surface area contributed by atoms with E-state index in [1.54, 1.807) is 18.3 Å². The summed E-state index contributed by atoms with van der Waals surface area (Å²) in [4.78, 5) is 6.57. The molecule has 3 rings (SSSR count). The zero-order valence-electron chi connectivity index (χ0n) is 14.7. The van der Waals surface area contributed by atoms with Gasteiger partial charge in [0.2, 0.25) is 0 Å². The number of benzene rings is 1. The topological polar surface area (TPSA) is 46.6 Å². The number of aromatic nitrogens is 1. The van der Waals surface area contributed by atoms with Crippen molar-refractivity contribution >= 4 is 0 Å². The molecule has 0 amide bonds. The highest BCUT2D eigenvalue weighted by atomic mass is 19.3. The Morgan fingerprint density at radius 3 is 2.92 bits per heavy atom. The van der Waals surface area contributed by atoms with Crippen LogP contribution in [0.15, 0.2) is 42.7 Å². The van der Waals surface area contributed by atoms with Gasteiger partial charge >= 0.3 is 6.61 Å². The monoisotopic (exact) mass is 363 g/mol. The summed E-state index contributed by atoms with van der Waals surface area (Å²) in [6.07, 6.45) is 3.65. The van der Waals surface area contributed by atoms with Crippen LogP contribution in [0, 0.1) is 0 Å². The Morgan fingerprint density at radius 1 is 1.31 bits per heavy atom. The fraction of sp³-hybridized carbons (Fsp3) is 0.421. The van der Waals surface area contributed by atoms with E-state index in [9.17, 15) is 8.78 Å². The van der Waals surface area contributed by atoms with Gasteiger partial charge < -0.3 is 14.8 Å². The van der Waals surface area contributed by atoms with Crippen molar-refractivity contribution in [3.63, 3.8) is 0 Å². The smallest absolute Gasteiger partial charge is 0.387 e. The van der Waals surface area contributed by atoms with Crippen molar-refractivity contribution in [2.24, 2.45) is 0 Å². The summed E-state index contributed by atoms with van der Waals surface area (Å²) >= 11 is 0. The van der Waals surface area contributed by atoms with Crippen LogP contribution in [0.25, 0.3) is 0 Å². The SMILES string of the molecule is CCOc1cc(CN2CCNCC2c2cccnc2)ccc1OC(F)F. The van der Waals surface area contributed by atoms with Gasteiger partial charge in [-0.2, -0.15) is 8.78 Å². The molecule has 2 aromatic rings. The van der Waals surface area contributed by atoms with Crippen LogP contribution in [0.4, 0.5) is 8.78 Å². The Morgan fingerprint density at radius 2 is 2.19 bits per heavy atom. The Bertz CT molecular complexity index is 700. The van der Waals surface area contributed by atoms with E-state index in [-0.39, 0.29) is 11.8 Å².